The minimum absolute atomic E-state index is 0.458. The molecule has 1 aromatic heterocycles. The summed E-state index contributed by atoms with van der Waals surface area (Å²) in [5.41, 5.74) is 3.04. The number of hydrogen-bond donors (Lipinski definition) is 1. The topological polar surface area (TPSA) is 24.9 Å². The van der Waals surface area contributed by atoms with Crippen LogP contribution in [0.3, 0.4) is 0 Å². The maximum atomic E-state index is 12.6. The fraction of sp³-hybridized carbons (Fsp3) is 0.0714. The first-order chi connectivity index (χ1) is 8.28. The van der Waals surface area contributed by atoms with E-state index in [1.807, 2.05) is 43.5 Å². The summed E-state index contributed by atoms with van der Waals surface area (Å²) in [5, 5.41) is 3.06. The molecule has 0 atom stereocenters. The number of hydrogen-bond acceptors (Lipinski definition) is 2. The van der Waals surface area contributed by atoms with E-state index in [1.165, 1.54) is 12.3 Å². The molecule has 3 heteroatoms. The number of nitrogens with zero attached hydrogens (tertiary/aromatic N) is 1. The van der Waals surface area contributed by atoms with E-state index in [-0.39, 0.29) is 0 Å². The molecule has 1 N–H and O–H groups in total. The Kier molecular flexibility index (Phi) is 3.50. The molecule has 0 bridgehead atoms. The van der Waals surface area contributed by atoms with E-state index in [1.54, 1.807) is 6.07 Å². The molecule has 0 saturated carbocycles. The van der Waals surface area contributed by atoms with Crippen LogP contribution >= 0.6 is 0 Å². The van der Waals surface area contributed by atoms with Crippen molar-refractivity contribution >= 4 is 17.8 Å². The predicted molar refractivity (Wildman–Crippen MR) is 69.1 cm³/mol. The lowest BCUT2D eigenvalue weighted by Gasteiger charge is -1.99. The van der Waals surface area contributed by atoms with Gasteiger partial charge < -0.3 is 5.32 Å². The van der Waals surface area contributed by atoms with Gasteiger partial charge in [0.2, 0.25) is 5.95 Å². The van der Waals surface area contributed by atoms with Crippen molar-refractivity contribution in [3.8, 4) is 0 Å². The lowest BCUT2D eigenvalue weighted by molar-refractivity contribution is 0.583. The van der Waals surface area contributed by atoms with Gasteiger partial charge in [0.05, 0.1) is 0 Å². The first-order valence-electron chi connectivity index (χ1n) is 5.35. The van der Waals surface area contributed by atoms with Crippen LogP contribution in [-0.4, -0.2) is 12.0 Å². The zero-order valence-electron chi connectivity index (χ0n) is 9.52. The van der Waals surface area contributed by atoms with Crippen molar-refractivity contribution in [3.63, 3.8) is 0 Å². The zero-order chi connectivity index (χ0) is 12.1. The summed E-state index contributed by atoms with van der Waals surface area (Å²) < 4.78 is 12.6. The molecule has 86 valence electrons. The molecule has 0 radical (unpaired) electrons. The van der Waals surface area contributed by atoms with Crippen molar-refractivity contribution in [2.24, 2.45) is 0 Å². The van der Waals surface area contributed by atoms with Crippen LogP contribution in [0.15, 0.2) is 42.6 Å². The Hall–Kier alpha value is -2.16. The van der Waals surface area contributed by atoms with E-state index >= 15 is 0 Å². The van der Waals surface area contributed by atoms with Gasteiger partial charge in [0, 0.05) is 18.9 Å². The summed E-state index contributed by atoms with van der Waals surface area (Å²) in [6.45, 7) is 0. The second kappa shape index (κ2) is 5.25. The summed E-state index contributed by atoms with van der Waals surface area (Å²) in [7, 11) is 1.88. The number of nitrogens with one attached hydrogen (secondary N) is 1. The normalized spacial score (nSPS) is 10.7. The van der Waals surface area contributed by atoms with Crippen LogP contribution in [0.5, 0.6) is 0 Å². The first kappa shape index (κ1) is 11.3. The minimum Gasteiger partial charge on any atom is -0.388 e. The van der Waals surface area contributed by atoms with Gasteiger partial charge in [-0.3, -0.25) is 0 Å². The maximum Gasteiger partial charge on any atom is 0.212 e. The molecule has 2 rings (SSSR count). The number of pyridine rings is 1. The van der Waals surface area contributed by atoms with E-state index in [0.717, 1.165) is 16.8 Å². The molecular weight excluding hydrogens is 215 g/mol. The van der Waals surface area contributed by atoms with E-state index < -0.39 is 5.95 Å². The smallest absolute Gasteiger partial charge is 0.212 e. The summed E-state index contributed by atoms with van der Waals surface area (Å²) in [6.07, 6.45) is 5.38. The third-order valence-electron chi connectivity index (χ3n) is 2.42. The predicted octanol–water partition coefficient (Wildman–Crippen LogP) is 3.43. The summed E-state index contributed by atoms with van der Waals surface area (Å²) in [6, 6.07) is 11.1. The van der Waals surface area contributed by atoms with Gasteiger partial charge in [0.15, 0.2) is 0 Å². The van der Waals surface area contributed by atoms with Crippen LogP contribution in [-0.2, 0) is 0 Å². The van der Waals surface area contributed by atoms with E-state index in [9.17, 15) is 4.39 Å². The minimum atomic E-state index is -0.458. The van der Waals surface area contributed by atoms with Gasteiger partial charge in [-0.25, -0.2) is 4.98 Å². The standard InChI is InChI=1S/C14H13FN2/c1-16-13-7-4-11(5-8-13)2-3-12-6-9-14(15)17-10-12/h2-10,16H,1H3. The van der Waals surface area contributed by atoms with Crippen molar-refractivity contribution in [3.05, 3.63) is 59.7 Å². The second-order valence-electron chi connectivity index (χ2n) is 3.62. The number of anilines is 1. The highest BCUT2D eigenvalue weighted by Crippen LogP contribution is 2.11. The lowest BCUT2D eigenvalue weighted by atomic mass is 10.1. The average Bonchev–Trinajstić information content (AvgIpc) is 2.39. The van der Waals surface area contributed by atoms with Gasteiger partial charge in [0.25, 0.3) is 0 Å². The van der Waals surface area contributed by atoms with Crippen molar-refractivity contribution in [1.82, 2.24) is 4.98 Å². The van der Waals surface area contributed by atoms with Crippen LogP contribution in [0.4, 0.5) is 10.1 Å². The largest absolute Gasteiger partial charge is 0.388 e. The van der Waals surface area contributed by atoms with E-state index in [4.69, 9.17) is 0 Å². The average molecular weight is 228 g/mol. The van der Waals surface area contributed by atoms with Crippen molar-refractivity contribution in [2.75, 3.05) is 12.4 Å². The van der Waals surface area contributed by atoms with Crippen LogP contribution in [0.25, 0.3) is 12.2 Å². The third-order valence-corrected chi connectivity index (χ3v) is 2.42. The number of rotatable bonds is 3. The Morgan fingerprint density at radius 1 is 1.00 bits per heavy atom. The van der Waals surface area contributed by atoms with E-state index in [2.05, 4.69) is 10.3 Å². The molecule has 0 fully saturated rings. The van der Waals surface area contributed by atoms with Crippen molar-refractivity contribution < 1.29 is 4.39 Å². The molecule has 0 aliphatic rings. The molecule has 1 heterocycles. The molecule has 0 saturated heterocycles. The highest BCUT2D eigenvalue weighted by atomic mass is 19.1. The van der Waals surface area contributed by atoms with Gasteiger partial charge in [-0.15, -0.1) is 0 Å². The fourth-order valence-corrected chi connectivity index (χ4v) is 1.44. The third kappa shape index (κ3) is 3.14. The Bertz CT molecular complexity index is 501. The number of halogens is 1. The Labute approximate surface area is 99.8 Å². The Balaban J connectivity index is 2.11. The van der Waals surface area contributed by atoms with Gasteiger partial charge in [-0.2, -0.15) is 4.39 Å². The van der Waals surface area contributed by atoms with Crippen molar-refractivity contribution in [2.45, 2.75) is 0 Å². The molecule has 0 aliphatic carbocycles. The van der Waals surface area contributed by atoms with Crippen LogP contribution in [0.1, 0.15) is 11.1 Å². The number of aromatic nitrogens is 1. The molecule has 0 amide bonds. The molecule has 0 aliphatic heterocycles. The molecular formula is C14H13FN2. The summed E-state index contributed by atoms with van der Waals surface area (Å²) in [4.78, 5) is 3.59. The van der Waals surface area contributed by atoms with Crippen LogP contribution < -0.4 is 5.32 Å². The molecule has 0 spiro atoms. The quantitative estimate of drug-likeness (QED) is 0.814. The first-order valence-corrected chi connectivity index (χ1v) is 5.35. The fourth-order valence-electron chi connectivity index (χ4n) is 1.44. The van der Waals surface area contributed by atoms with Gasteiger partial charge in [0.1, 0.15) is 0 Å². The molecule has 17 heavy (non-hydrogen) atoms. The molecule has 0 unspecified atom stereocenters. The Morgan fingerprint density at radius 3 is 2.24 bits per heavy atom. The zero-order valence-corrected chi connectivity index (χ0v) is 9.52. The highest BCUT2D eigenvalue weighted by molar-refractivity contribution is 5.69. The van der Waals surface area contributed by atoms with Gasteiger partial charge in [-0.1, -0.05) is 24.3 Å². The maximum absolute atomic E-state index is 12.6. The number of benzene rings is 1. The summed E-state index contributed by atoms with van der Waals surface area (Å²) in [5.74, 6) is -0.458. The van der Waals surface area contributed by atoms with Gasteiger partial charge in [-0.05, 0) is 35.4 Å². The monoisotopic (exact) mass is 228 g/mol. The van der Waals surface area contributed by atoms with Crippen LogP contribution in [0.2, 0.25) is 0 Å². The summed E-state index contributed by atoms with van der Waals surface area (Å²) >= 11 is 0. The molecule has 2 nitrogen and oxygen atoms in total. The highest BCUT2D eigenvalue weighted by Gasteiger charge is 1.91. The SMILES string of the molecule is CNc1ccc(C=Cc2ccc(F)nc2)cc1. The lowest BCUT2D eigenvalue weighted by Crippen LogP contribution is -1.86. The van der Waals surface area contributed by atoms with E-state index in [0.29, 0.717) is 0 Å². The second-order valence-corrected chi connectivity index (χ2v) is 3.62. The van der Waals surface area contributed by atoms with Crippen molar-refractivity contribution in [1.29, 1.82) is 0 Å². The molecule has 1 aromatic carbocycles. The van der Waals surface area contributed by atoms with Gasteiger partial charge >= 0.3 is 0 Å². The van der Waals surface area contributed by atoms with Crippen LogP contribution in [0, 0.1) is 5.95 Å². The Morgan fingerprint density at radius 2 is 1.65 bits per heavy atom. The molecule has 2 aromatic rings.